The molecule has 0 atom stereocenters. The molecule has 0 radical (unpaired) electrons. The van der Waals surface area contributed by atoms with Gasteiger partial charge in [-0.2, -0.15) is 0 Å². The number of nitrogens with zero attached hydrogens (tertiary/aromatic N) is 2. The van der Waals surface area contributed by atoms with E-state index in [2.05, 4.69) is 41.2 Å². The van der Waals surface area contributed by atoms with E-state index in [1.165, 1.54) is 59.5 Å². The zero-order valence-corrected chi connectivity index (χ0v) is 16.6. The summed E-state index contributed by atoms with van der Waals surface area (Å²) in [7, 11) is 0.150. The molecule has 0 bridgehead atoms. The minimum atomic E-state index is 0.150. The third-order valence-electron chi connectivity index (χ3n) is 3.83. The molecule has 0 aliphatic heterocycles. The summed E-state index contributed by atoms with van der Waals surface area (Å²) >= 11 is 0.864. The fourth-order valence-corrected chi connectivity index (χ4v) is 8.13. The van der Waals surface area contributed by atoms with Crippen LogP contribution in [0, 0.1) is 0 Å². The molecule has 0 unspecified atom stereocenters. The molecule has 2 rings (SSSR count). The first-order chi connectivity index (χ1) is 11.4. The molecule has 0 N–H and O–H groups in total. The number of aromatic nitrogens is 2. The monoisotopic (exact) mass is 394 g/mol. The van der Waals surface area contributed by atoms with Crippen molar-refractivity contribution >= 4 is 22.9 Å². The van der Waals surface area contributed by atoms with Crippen LogP contribution in [0.25, 0.3) is 0 Å². The zero-order chi connectivity index (χ0) is 16.2. The Bertz CT molecular complexity index is 478. The molecule has 4 heteroatoms. The molecule has 0 saturated carbocycles. The third-order valence-corrected chi connectivity index (χ3v) is 9.58. The van der Waals surface area contributed by atoms with E-state index in [1.54, 1.807) is 0 Å². The van der Waals surface area contributed by atoms with Crippen molar-refractivity contribution in [2.24, 2.45) is 0 Å². The molecule has 0 aliphatic carbocycles. The normalized spacial score (nSPS) is 11.0. The first-order valence-electron chi connectivity index (χ1n) is 8.46. The van der Waals surface area contributed by atoms with Crippen LogP contribution in [0.2, 0.25) is 10.6 Å². The van der Waals surface area contributed by atoms with Crippen LogP contribution in [0.1, 0.15) is 24.5 Å². The molecule has 124 valence electrons. The number of pyridine rings is 2. The zero-order valence-electron chi connectivity index (χ0n) is 14.0. The molecule has 23 heavy (non-hydrogen) atoms. The summed E-state index contributed by atoms with van der Waals surface area (Å²) in [6, 6.07) is 8.66. The van der Waals surface area contributed by atoms with Crippen molar-refractivity contribution in [3.8, 4) is 0 Å². The molecule has 0 aromatic carbocycles. The Hall–Kier alpha value is -0.751. The Morgan fingerprint density at radius 2 is 1.30 bits per heavy atom. The Labute approximate surface area is 148 Å². The molecule has 2 aromatic heterocycles. The van der Waals surface area contributed by atoms with Gasteiger partial charge in [0.25, 0.3) is 0 Å². The second-order valence-corrected chi connectivity index (χ2v) is 10.9. The van der Waals surface area contributed by atoms with E-state index in [0.717, 1.165) is 15.0 Å². The van der Waals surface area contributed by atoms with Gasteiger partial charge < -0.3 is 0 Å². The Balaban J connectivity index is 1.80. The van der Waals surface area contributed by atoms with Gasteiger partial charge in [0.1, 0.15) is 0 Å². The van der Waals surface area contributed by atoms with E-state index in [-0.39, 0.29) is 7.92 Å². The first kappa shape index (κ1) is 18.6. The fraction of sp³-hybridized carbons (Fsp3) is 0.474. The molecular formula is C19H27N2PSe. The number of aryl methyl sites for hydroxylation is 2. The molecule has 0 aliphatic rings. The van der Waals surface area contributed by atoms with Crippen LogP contribution in [-0.4, -0.2) is 43.4 Å². The molecule has 0 spiro atoms. The number of rotatable bonds is 11. The topological polar surface area (TPSA) is 25.8 Å². The Kier molecular flexibility index (Phi) is 9.48. The van der Waals surface area contributed by atoms with Gasteiger partial charge in [-0.25, -0.2) is 0 Å². The van der Waals surface area contributed by atoms with Gasteiger partial charge in [-0.15, -0.1) is 0 Å². The van der Waals surface area contributed by atoms with Crippen molar-refractivity contribution < 1.29 is 0 Å². The summed E-state index contributed by atoms with van der Waals surface area (Å²) in [4.78, 5) is 8.24. The fourth-order valence-electron chi connectivity index (χ4n) is 2.45. The summed E-state index contributed by atoms with van der Waals surface area (Å²) in [6.45, 7) is 2.30. The molecule has 0 fully saturated rings. The first-order valence-corrected chi connectivity index (χ1v) is 12.8. The van der Waals surface area contributed by atoms with Gasteiger partial charge >= 0.3 is 148 Å². The molecule has 0 saturated heterocycles. The van der Waals surface area contributed by atoms with E-state index in [1.807, 2.05) is 24.8 Å². The van der Waals surface area contributed by atoms with Gasteiger partial charge in [-0.3, -0.25) is 0 Å². The van der Waals surface area contributed by atoms with Gasteiger partial charge in [-0.05, 0) is 0 Å². The predicted molar refractivity (Wildman–Crippen MR) is 103 cm³/mol. The molecule has 0 amide bonds. The average molecular weight is 393 g/mol. The molecular weight excluding hydrogens is 366 g/mol. The Morgan fingerprint density at radius 1 is 0.783 bits per heavy atom. The van der Waals surface area contributed by atoms with Crippen LogP contribution in [0.5, 0.6) is 0 Å². The number of hydrogen-bond acceptors (Lipinski definition) is 2. The van der Waals surface area contributed by atoms with E-state index in [0.29, 0.717) is 0 Å². The van der Waals surface area contributed by atoms with Crippen LogP contribution in [0.4, 0.5) is 0 Å². The van der Waals surface area contributed by atoms with Crippen LogP contribution in [-0.2, 0) is 12.8 Å². The van der Waals surface area contributed by atoms with E-state index in [4.69, 9.17) is 0 Å². The van der Waals surface area contributed by atoms with E-state index >= 15 is 0 Å². The van der Waals surface area contributed by atoms with Crippen molar-refractivity contribution in [3.05, 3.63) is 60.2 Å². The van der Waals surface area contributed by atoms with Gasteiger partial charge in [0.2, 0.25) is 0 Å². The summed E-state index contributed by atoms with van der Waals surface area (Å²) in [5.41, 5.74) is 2.88. The molecule has 2 aromatic rings. The van der Waals surface area contributed by atoms with Gasteiger partial charge in [0.15, 0.2) is 0 Å². The summed E-state index contributed by atoms with van der Waals surface area (Å²) in [5.74, 6) is 0. The Morgan fingerprint density at radius 3 is 1.78 bits per heavy atom. The van der Waals surface area contributed by atoms with E-state index < -0.39 is 0 Å². The quantitative estimate of drug-likeness (QED) is 0.314. The maximum absolute atomic E-state index is 4.12. The summed E-state index contributed by atoms with van der Waals surface area (Å²) in [5, 5.41) is 2.92. The number of hydrogen-bond donors (Lipinski definition) is 0. The standard InChI is InChI=1S/C19H27N2PSe/c1-2-16-23-17-15-22(13-7-18-3-9-20-10-4-18)14-8-19-5-11-21-12-6-19/h3-6,9-12H,2,7-8,13-17H2,1H3. The van der Waals surface area contributed by atoms with Crippen molar-refractivity contribution in [1.82, 2.24) is 9.97 Å². The SMILES string of the molecule is CCC[Se]CCP(CCc1ccncc1)CCc1ccncc1. The molecule has 2 nitrogen and oxygen atoms in total. The van der Waals surface area contributed by atoms with Crippen molar-refractivity contribution in [3.63, 3.8) is 0 Å². The van der Waals surface area contributed by atoms with Gasteiger partial charge in [0.05, 0.1) is 0 Å². The summed E-state index contributed by atoms with van der Waals surface area (Å²) < 4.78 is 0. The average Bonchev–Trinajstić information content (AvgIpc) is 2.62. The predicted octanol–water partition coefficient (Wildman–Crippen LogP) is 4.69. The summed E-state index contributed by atoms with van der Waals surface area (Å²) in [6.07, 6.45) is 15.6. The van der Waals surface area contributed by atoms with Crippen molar-refractivity contribution in [1.29, 1.82) is 0 Å². The van der Waals surface area contributed by atoms with E-state index in [9.17, 15) is 0 Å². The van der Waals surface area contributed by atoms with Crippen LogP contribution < -0.4 is 0 Å². The maximum atomic E-state index is 4.12. The van der Waals surface area contributed by atoms with Gasteiger partial charge in [-0.1, -0.05) is 0 Å². The van der Waals surface area contributed by atoms with Crippen molar-refractivity contribution in [2.45, 2.75) is 36.8 Å². The van der Waals surface area contributed by atoms with Crippen LogP contribution in [0.15, 0.2) is 49.1 Å². The van der Waals surface area contributed by atoms with Crippen molar-refractivity contribution in [2.75, 3.05) is 18.5 Å². The van der Waals surface area contributed by atoms with Gasteiger partial charge in [0, 0.05) is 0 Å². The second-order valence-electron chi connectivity index (χ2n) is 5.66. The van der Waals surface area contributed by atoms with Crippen LogP contribution in [0.3, 0.4) is 0 Å². The second kappa shape index (κ2) is 11.7. The minimum absolute atomic E-state index is 0.150. The van der Waals surface area contributed by atoms with Crippen LogP contribution >= 0.6 is 7.92 Å². The molecule has 2 heterocycles. The third kappa shape index (κ3) is 8.06.